The molecule has 11 nitrogen and oxygen atoms in total. The number of aromatic carboxylic acids is 1. The maximum atomic E-state index is 13.1. The zero-order chi connectivity index (χ0) is 29.7. The van der Waals surface area contributed by atoms with Gasteiger partial charge in [-0.1, -0.05) is 35.9 Å². The van der Waals surface area contributed by atoms with Crippen LogP contribution in [0.3, 0.4) is 0 Å². The highest BCUT2D eigenvalue weighted by Crippen LogP contribution is 2.46. The number of benzene rings is 2. The molecular weight excluding hydrogens is 594 g/mol. The smallest absolute Gasteiger partial charge is 0.349 e. The predicted molar refractivity (Wildman–Crippen MR) is 156 cm³/mol. The lowest BCUT2D eigenvalue weighted by atomic mass is 10.1. The van der Waals surface area contributed by atoms with Crippen molar-refractivity contribution in [2.24, 2.45) is 0 Å². The molecule has 0 saturated carbocycles. The van der Waals surface area contributed by atoms with Crippen molar-refractivity contribution in [2.75, 3.05) is 30.3 Å². The lowest BCUT2D eigenvalue weighted by Crippen LogP contribution is -2.42. The van der Waals surface area contributed by atoms with E-state index in [0.717, 1.165) is 17.0 Å². The van der Waals surface area contributed by atoms with E-state index in [4.69, 9.17) is 21.4 Å². The zero-order valence-electron chi connectivity index (χ0n) is 21.9. The number of thiophene rings is 1. The van der Waals surface area contributed by atoms with Gasteiger partial charge >= 0.3 is 11.9 Å². The summed E-state index contributed by atoms with van der Waals surface area (Å²) in [7, 11) is -3.56. The SMILES string of the molecule is CC(=O)Nc1cccc(CS(=O)(=O)N2CCC(Nc3cccc(-c4sc(C(=O)O)c(OCC(=O)O)c4Cl)c3)CC2)c1. The third kappa shape index (κ3) is 7.76. The first kappa shape index (κ1) is 30.3. The van der Waals surface area contributed by atoms with Gasteiger partial charge in [-0.15, -0.1) is 11.3 Å². The molecule has 0 unspecified atom stereocenters. The van der Waals surface area contributed by atoms with E-state index in [9.17, 15) is 27.9 Å². The minimum absolute atomic E-state index is 0.00245. The molecule has 1 aromatic heterocycles. The number of sulfonamides is 1. The van der Waals surface area contributed by atoms with Gasteiger partial charge in [0.2, 0.25) is 15.9 Å². The molecule has 2 aromatic carbocycles. The number of carbonyl (C=O) groups excluding carboxylic acids is 1. The van der Waals surface area contributed by atoms with Crippen LogP contribution in [0, 0.1) is 0 Å². The summed E-state index contributed by atoms with van der Waals surface area (Å²) in [5.74, 6) is -3.12. The van der Waals surface area contributed by atoms with Gasteiger partial charge in [-0.05, 0) is 48.2 Å². The Bertz CT molecular complexity index is 1570. The second-order valence-electron chi connectivity index (χ2n) is 9.43. The molecule has 0 aliphatic carbocycles. The number of hydrogen-bond donors (Lipinski definition) is 4. The third-order valence-electron chi connectivity index (χ3n) is 6.28. The fraction of sp³-hybridized carbons (Fsp3) is 0.296. The van der Waals surface area contributed by atoms with Crippen LogP contribution in [-0.4, -0.2) is 66.5 Å². The predicted octanol–water partition coefficient (Wildman–Crippen LogP) is 4.59. The van der Waals surface area contributed by atoms with Gasteiger partial charge in [0, 0.05) is 37.4 Å². The number of aliphatic carboxylic acids is 1. The number of carboxylic acid groups (broad SMARTS) is 2. The van der Waals surface area contributed by atoms with Gasteiger partial charge in [0.05, 0.1) is 10.6 Å². The van der Waals surface area contributed by atoms with Crippen LogP contribution in [0.2, 0.25) is 5.02 Å². The number of halogens is 1. The first-order valence-corrected chi connectivity index (χ1v) is 15.3. The van der Waals surface area contributed by atoms with Crippen molar-refractivity contribution in [2.45, 2.75) is 31.6 Å². The van der Waals surface area contributed by atoms with Crippen LogP contribution in [-0.2, 0) is 25.4 Å². The van der Waals surface area contributed by atoms with Crippen LogP contribution in [0.25, 0.3) is 10.4 Å². The van der Waals surface area contributed by atoms with Crippen molar-refractivity contribution in [3.63, 3.8) is 0 Å². The minimum Gasteiger partial charge on any atom is -0.479 e. The standard InChI is InChI=1S/C27H28ClN3O8S2/c1-16(32)29-20-6-2-4-17(12-20)15-41(37,38)31-10-8-19(9-11-31)30-21-7-3-5-18(13-21)25-23(28)24(39-14-22(33)34)26(40-25)27(35)36/h2-7,12-13,19,30H,8-11,14-15H2,1H3,(H,29,32)(H,33,34)(H,35,36). The van der Waals surface area contributed by atoms with Crippen LogP contribution in [0.5, 0.6) is 5.75 Å². The summed E-state index contributed by atoms with van der Waals surface area (Å²) in [5.41, 5.74) is 2.50. The highest BCUT2D eigenvalue weighted by Gasteiger charge is 2.29. The molecule has 2 heterocycles. The Morgan fingerprint density at radius 1 is 1.07 bits per heavy atom. The molecule has 0 radical (unpaired) electrons. The van der Waals surface area contributed by atoms with E-state index in [2.05, 4.69) is 10.6 Å². The number of anilines is 2. The number of rotatable bonds is 11. The molecule has 1 aliphatic rings. The molecule has 1 saturated heterocycles. The summed E-state index contributed by atoms with van der Waals surface area (Å²) < 4.78 is 32.8. The van der Waals surface area contributed by atoms with Crippen LogP contribution in [0.1, 0.15) is 35.0 Å². The van der Waals surface area contributed by atoms with Crippen molar-refractivity contribution in [3.8, 4) is 16.2 Å². The molecular formula is C27H28ClN3O8S2. The van der Waals surface area contributed by atoms with Gasteiger partial charge < -0.3 is 25.6 Å². The number of nitrogens with zero attached hydrogens (tertiary/aromatic N) is 1. The number of carbonyl (C=O) groups is 3. The maximum absolute atomic E-state index is 13.1. The molecule has 0 bridgehead atoms. The highest BCUT2D eigenvalue weighted by molar-refractivity contribution is 7.88. The Morgan fingerprint density at radius 2 is 1.76 bits per heavy atom. The van der Waals surface area contributed by atoms with Crippen LogP contribution in [0.4, 0.5) is 11.4 Å². The van der Waals surface area contributed by atoms with Gasteiger partial charge in [-0.3, -0.25) is 4.79 Å². The number of amides is 1. The Balaban J connectivity index is 1.40. The highest BCUT2D eigenvalue weighted by atomic mass is 35.5. The van der Waals surface area contributed by atoms with Crippen LogP contribution >= 0.6 is 22.9 Å². The van der Waals surface area contributed by atoms with E-state index >= 15 is 0 Å². The number of ether oxygens (including phenoxy) is 1. The quantitative estimate of drug-likeness (QED) is 0.240. The summed E-state index contributed by atoms with van der Waals surface area (Å²) in [5, 5.41) is 24.5. The average molecular weight is 622 g/mol. The van der Waals surface area contributed by atoms with E-state index in [-0.39, 0.29) is 33.4 Å². The van der Waals surface area contributed by atoms with Crippen molar-refractivity contribution in [3.05, 3.63) is 64.0 Å². The van der Waals surface area contributed by atoms with E-state index in [0.29, 0.717) is 47.6 Å². The number of carboxylic acids is 2. The number of hydrogen-bond acceptors (Lipinski definition) is 8. The van der Waals surface area contributed by atoms with Gasteiger partial charge in [0.25, 0.3) is 0 Å². The largest absolute Gasteiger partial charge is 0.479 e. The molecule has 218 valence electrons. The zero-order valence-corrected chi connectivity index (χ0v) is 24.3. The molecule has 0 spiro atoms. The summed E-state index contributed by atoms with van der Waals surface area (Å²) in [6, 6.07) is 14.0. The van der Waals surface area contributed by atoms with Crippen molar-refractivity contribution < 1.29 is 37.8 Å². The Hall–Kier alpha value is -3.65. The molecule has 41 heavy (non-hydrogen) atoms. The summed E-state index contributed by atoms with van der Waals surface area (Å²) >= 11 is 7.30. The van der Waals surface area contributed by atoms with Crippen molar-refractivity contribution in [1.82, 2.24) is 4.31 Å². The minimum atomic E-state index is -3.56. The average Bonchev–Trinajstić information content (AvgIpc) is 3.24. The lowest BCUT2D eigenvalue weighted by molar-refractivity contribution is -0.139. The summed E-state index contributed by atoms with van der Waals surface area (Å²) in [4.78, 5) is 34.2. The monoisotopic (exact) mass is 621 g/mol. The fourth-order valence-electron chi connectivity index (χ4n) is 4.49. The van der Waals surface area contributed by atoms with Crippen molar-refractivity contribution >= 4 is 62.2 Å². The maximum Gasteiger partial charge on any atom is 0.349 e. The fourth-order valence-corrected chi connectivity index (χ4v) is 7.45. The number of piperidine rings is 1. The van der Waals surface area contributed by atoms with Crippen molar-refractivity contribution in [1.29, 1.82) is 0 Å². The van der Waals surface area contributed by atoms with Gasteiger partial charge in [0.1, 0.15) is 5.02 Å². The molecule has 0 atom stereocenters. The molecule has 4 N–H and O–H groups in total. The number of nitrogens with one attached hydrogen (secondary N) is 2. The first-order chi connectivity index (χ1) is 19.4. The first-order valence-electron chi connectivity index (χ1n) is 12.5. The molecule has 14 heteroatoms. The van der Waals surface area contributed by atoms with E-state index in [1.807, 2.05) is 6.07 Å². The lowest BCUT2D eigenvalue weighted by Gasteiger charge is -2.32. The molecule has 1 aliphatic heterocycles. The van der Waals surface area contributed by atoms with Gasteiger partial charge in [-0.2, -0.15) is 0 Å². The third-order valence-corrected chi connectivity index (χ3v) is 9.81. The van der Waals surface area contributed by atoms with Crippen LogP contribution < -0.4 is 15.4 Å². The van der Waals surface area contributed by atoms with Gasteiger partial charge in [0.15, 0.2) is 17.2 Å². The Labute approximate surface area is 245 Å². The van der Waals surface area contributed by atoms with Gasteiger partial charge in [-0.25, -0.2) is 22.3 Å². The van der Waals surface area contributed by atoms with Crippen LogP contribution in [0.15, 0.2) is 48.5 Å². The second-order valence-corrected chi connectivity index (χ2v) is 12.8. The van der Waals surface area contributed by atoms with E-state index in [1.54, 1.807) is 42.5 Å². The summed E-state index contributed by atoms with van der Waals surface area (Å²) in [6.45, 7) is 1.35. The molecule has 1 fully saturated rings. The van der Waals surface area contributed by atoms with E-state index in [1.165, 1.54) is 11.2 Å². The van der Waals surface area contributed by atoms with E-state index < -0.39 is 28.6 Å². The Morgan fingerprint density at radius 3 is 2.41 bits per heavy atom. The Kier molecular flexibility index (Phi) is 9.53. The molecule has 1 amide bonds. The molecule has 4 rings (SSSR count). The second kappa shape index (κ2) is 12.9. The topological polar surface area (TPSA) is 162 Å². The molecule has 3 aromatic rings. The normalized spacial score (nSPS) is 14.4. The summed E-state index contributed by atoms with van der Waals surface area (Å²) in [6.07, 6.45) is 1.15.